The van der Waals surface area contributed by atoms with Crippen LogP contribution >= 0.6 is 11.8 Å². The number of nitrogens with zero attached hydrogens (tertiary/aromatic N) is 3. The van der Waals surface area contributed by atoms with Gasteiger partial charge in [0, 0.05) is 37.0 Å². The molecule has 0 amide bonds. The number of hydrogen-bond donors (Lipinski definition) is 0. The fourth-order valence-electron chi connectivity index (χ4n) is 3.67. The summed E-state index contributed by atoms with van der Waals surface area (Å²) in [5, 5.41) is 0.860. The average Bonchev–Trinajstić information content (AvgIpc) is 3.22. The highest BCUT2D eigenvalue weighted by atomic mass is 32.2. The van der Waals surface area contributed by atoms with E-state index in [4.69, 9.17) is 14.5 Å². The average molecular weight is 464 g/mol. The van der Waals surface area contributed by atoms with Gasteiger partial charge in [0.2, 0.25) is 5.88 Å². The van der Waals surface area contributed by atoms with Crippen molar-refractivity contribution < 1.29 is 13.9 Å². The molecule has 2 aromatic carbocycles. The zero-order valence-corrected chi connectivity index (χ0v) is 19.7. The van der Waals surface area contributed by atoms with Crippen LogP contribution in [0.2, 0.25) is 0 Å². The van der Waals surface area contributed by atoms with Crippen molar-refractivity contribution in [3.63, 3.8) is 0 Å². The van der Waals surface area contributed by atoms with Gasteiger partial charge in [0.05, 0.1) is 18.0 Å². The Bertz CT molecular complexity index is 1200. The number of pyridine rings is 1. The van der Waals surface area contributed by atoms with Gasteiger partial charge in [0.25, 0.3) is 0 Å². The van der Waals surface area contributed by atoms with E-state index in [2.05, 4.69) is 9.55 Å². The number of aromatic nitrogens is 3. The molecule has 4 rings (SSSR count). The molecule has 0 bridgehead atoms. The molecule has 0 fully saturated rings. The lowest BCUT2D eigenvalue weighted by molar-refractivity contribution is 0.185. The van der Waals surface area contributed by atoms with Crippen LogP contribution in [0, 0.1) is 5.82 Å². The van der Waals surface area contributed by atoms with Crippen molar-refractivity contribution in [2.24, 2.45) is 0 Å². The van der Waals surface area contributed by atoms with Gasteiger partial charge in [-0.2, -0.15) is 0 Å². The van der Waals surface area contributed by atoms with E-state index in [9.17, 15) is 4.39 Å². The molecule has 1 unspecified atom stereocenters. The van der Waals surface area contributed by atoms with Gasteiger partial charge in [-0.15, -0.1) is 0 Å². The molecule has 0 N–H and O–H groups in total. The fraction of sp³-hybridized carbons (Fsp3) is 0.231. The summed E-state index contributed by atoms with van der Waals surface area (Å²) in [6.07, 6.45) is 3.58. The molecule has 0 saturated heterocycles. The Morgan fingerprint density at radius 3 is 2.48 bits per heavy atom. The smallest absolute Gasteiger partial charge is 0.214 e. The van der Waals surface area contributed by atoms with Crippen molar-refractivity contribution in [2.75, 3.05) is 20.0 Å². The molecule has 0 aliphatic heterocycles. The van der Waals surface area contributed by atoms with Crippen molar-refractivity contribution in [1.29, 1.82) is 0 Å². The molecule has 170 valence electrons. The molecular weight excluding hydrogens is 437 g/mol. The number of methoxy groups -OCH3 is 1. The molecular formula is C26H26FN3O2S. The van der Waals surface area contributed by atoms with Crippen LogP contribution in [0.4, 0.5) is 4.39 Å². The lowest BCUT2D eigenvalue weighted by Gasteiger charge is -2.16. The second-order valence-electron chi connectivity index (χ2n) is 7.50. The van der Waals surface area contributed by atoms with Crippen LogP contribution in [-0.4, -0.2) is 34.5 Å². The number of imidazole rings is 1. The highest BCUT2D eigenvalue weighted by Gasteiger charge is 2.21. The number of thioether (sulfide) groups is 1. The highest BCUT2D eigenvalue weighted by molar-refractivity contribution is 7.98. The second kappa shape index (κ2) is 10.6. The van der Waals surface area contributed by atoms with Gasteiger partial charge in [-0.1, -0.05) is 42.1 Å². The van der Waals surface area contributed by atoms with E-state index < -0.39 is 0 Å². The third-order valence-corrected chi connectivity index (χ3v) is 6.00. The number of halogens is 1. The zero-order chi connectivity index (χ0) is 23.2. The Balaban J connectivity index is 1.77. The SMILES string of the molecule is COCCn1c(SC)nc(-c2ccc(F)cc2)c1-c1ccnc(OC(C)c2ccccc2)c1. The summed E-state index contributed by atoms with van der Waals surface area (Å²) in [5.41, 5.74) is 4.54. The van der Waals surface area contributed by atoms with E-state index in [-0.39, 0.29) is 11.9 Å². The quantitative estimate of drug-likeness (QED) is 0.274. The number of hydrogen-bond acceptors (Lipinski definition) is 5. The van der Waals surface area contributed by atoms with Crippen LogP contribution < -0.4 is 4.74 Å². The minimum atomic E-state index is -0.279. The van der Waals surface area contributed by atoms with Crippen LogP contribution in [0.15, 0.2) is 78.1 Å². The Morgan fingerprint density at radius 2 is 1.79 bits per heavy atom. The number of rotatable bonds is 9. The van der Waals surface area contributed by atoms with Crippen molar-refractivity contribution in [1.82, 2.24) is 14.5 Å². The van der Waals surface area contributed by atoms with E-state index in [0.717, 1.165) is 33.2 Å². The minimum Gasteiger partial charge on any atom is -0.470 e. The molecule has 33 heavy (non-hydrogen) atoms. The van der Waals surface area contributed by atoms with Crippen molar-refractivity contribution >= 4 is 11.8 Å². The molecule has 0 spiro atoms. The molecule has 0 aliphatic rings. The Kier molecular flexibility index (Phi) is 7.42. The largest absolute Gasteiger partial charge is 0.470 e. The van der Waals surface area contributed by atoms with Gasteiger partial charge >= 0.3 is 0 Å². The molecule has 5 nitrogen and oxygen atoms in total. The zero-order valence-electron chi connectivity index (χ0n) is 18.9. The predicted molar refractivity (Wildman–Crippen MR) is 130 cm³/mol. The Morgan fingerprint density at radius 1 is 1.03 bits per heavy atom. The second-order valence-corrected chi connectivity index (χ2v) is 8.27. The first-order valence-electron chi connectivity index (χ1n) is 10.7. The van der Waals surface area contributed by atoms with Gasteiger partial charge in [-0.25, -0.2) is 14.4 Å². The predicted octanol–water partition coefficient (Wildman–Crippen LogP) is 6.26. The summed E-state index contributed by atoms with van der Waals surface area (Å²) in [5.74, 6) is 0.248. The maximum Gasteiger partial charge on any atom is 0.214 e. The molecule has 2 aromatic heterocycles. The topological polar surface area (TPSA) is 49.2 Å². The molecule has 0 saturated carbocycles. The minimum absolute atomic E-state index is 0.148. The van der Waals surface area contributed by atoms with E-state index in [1.807, 2.05) is 55.6 Å². The summed E-state index contributed by atoms with van der Waals surface area (Å²) in [4.78, 5) is 9.31. The third kappa shape index (κ3) is 5.26. The summed E-state index contributed by atoms with van der Waals surface area (Å²) >= 11 is 1.56. The summed E-state index contributed by atoms with van der Waals surface area (Å²) in [6, 6.07) is 20.3. The van der Waals surface area contributed by atoms with Crippen molar-refractivity contribution in [2.45, 2.75) is 24.7 Å². The van der Waals surface area contributed by atoms with Gasteiger partial charge in [0.15, 0.2) is 5.16 Å². The van der Waals surface area contributed by atoms with Gasteiger partial charge in [-0.05, 0) is 49.1 Å². The third-order valence-electron chi connectivity index (χ3n) is 5.33. The molecule has 0 radical (unpaired) electrons. The molecule has 4 aromatic rings. The van der Waals surface area contributed by atoms with Gasteiger partial charge in [0.1, 0.15) is 11.9 Å². The first-order valence-corrected chi connectivity index (χ1v) is 11.9. The fourth-order valence-corrected chi connectivity index (χ4v) is 4.26. The van der Waals surface area contributed by atoms with Crippen LogP contribution in [0.25, 0.3) is 22.5 Å². The lowest BCUT2D eigenvalue weighted by atomic mass is 10.1. The van der Waals surface area contributed by atoms with E-state index in [1.165, 1.54) is 12.1 Å². The molecule has 1 atom stereocenters. The maximum absolute atomic E-state index is 13.6. The summed E-state index contributed by atoms with van der Waals surface area (Å²) < 4.78 is 27.2. The first-order chi connectivity index (χ1) is 16.1. The van der Waals surface area contributed by atoms with Crippen molar-refractivity contribution in [3.8, 4) is 28.4 Å². The first kappa shape index (κ1) is 23.0. The Labute approximate surface area is 197 Å². The normalized spacial score (nSPS) is 12.0. The maximum atomic E-state index is 13.6. The number of ether oxygens (including phenoxy) is 2. The van der Waals surface area contributed by atoms with Crippen molar-refractivity contribution in [3.05, 3.63) is 84.3 Å². The highest BCUT2D eigenvalue weighted by Crippen LogP contribution is 2.36. The van der Waals surface area contributed by atoms with E-state index >= 15 is 0 Å². The van der Waals surface area contributed by atoms with Gasteiger partial charge < -0.3 is 14.0 Å². The molecule has 2 heterocycles. The van der Waals surface area contributed by atoms with Crippen LogP contribution in [0.3, 0.4) is 0 Å². The van der Waals surface area contributed by atoms with E-state index in [0.29, 0.717) is 19.0 Å². The van der Waals surface area contributed by atoms with Crippen LogP contribution in [0.5, 0.6) is 5.88 Å². The standard InChI is InChI=1S/C26H26FN3O2S/c1-18(19-7-5-4-6-8-19)32-23-17-21(13-14-28-23)25-24(20-9-11-22(27)12-10-20)29-26(33-3)30(25)15-16-31-2/h4-14,17-18H,15-16H2,1-3H3. The van der Waals surface area contributed by atoms with Crippen LogP contribution in [-0.2, 0) is 11.3 Å². The monoisotopic (exact) mass is 463 g/mol. The van der Waals surface area contributed by atoms with Crippen LogP contribution in [0.1, 0.15) is 18.6 Å². The summed E-state index contributed by atoms with van der Waals surface area (Å²) in [7, 11) is 1.68. The summed E-state index contributed by atoms with van der Waals surface area (Å²) in [6.45, 7) is 3.18. The molecule has 0 aliphatic carbocycles. The van der Waals surface area contributed by atoms with E-state index in [1.54, 1.807) is 37.2 Å². The Hall–Kier alpha value is -3.16. The van der Waals surface area contributed by atoms with Gasteiger partial charge in [-0.3, -0.25) is 0 Å². The molecule has 7 heteroatoms. The lowest BCUT2D eigenvalue weighted by Crippen LogP contribution is -2.08. The number of benzene rings is 2.